The predicted molar refractivity (Wildman–Crippen MR) is 66.2 cm³/mol. The van der Waals surface area contributed by atoms with Crippen LogP contribution in [-0.2, 0) is 9.84 Å². The maximum absolute atomic E-state index is 11.3. The van der Waals surface area contributed by atoms with Crippen molar-refractivity contribution in [1.29, 1.82) is 0 Å². The molecule has 0 radical (unpaired) electrons. The predicted octanol–water partition coefficient (Wildman–Crippen LogP) is 2.29. The van der Waals surface area contributed by atoms with Gasteiger partial charge < -0.3 is 5.11 Å². The fraction of sp³-hybridized carbons (Fsp3) is 1.00. The van der Waals surface area contributed by atoms with Crippen molar-refractivity contribution in [3.63, 3.8) is 0 Å². The third-order valence-electron chi connectivity index (χ3n) is 3.36. The van der Waals surface area contributed by atoms with Gasteiger partial charge in [0.15, 0.2) is 9.84 Å². The van der Waals surface area contributed by atoms with Crippen LogP contribution in [0.15, 0.2) is 0 Å². The zero-order chi connectivity index (χ0) is 12.1. The summed E-state index contributed by atoms with van der Waals surface area (Å²) < 4.78 is 22.5. The number of aliphatic hydroxyl groups is 1. The van der Waals surface area contributed by atoms with Gasteiger partial charge in [0.2, 0.25) is 0 Å². The SMILES string of the molecule is CCCCCCCCC1(O)CCS(=O)(=O)C1. The van der Waals surface area contributed by atoms with E-state index in [0.29, 0.717) is 12.8 Å². The molecule has 1 fully saturated rings. The Morgan fingerprint density at radius 3 is 2.31 bits per heavy atom. The van der Waals surface area contributed by atoms with Crippen molar-refractivity contribution in [2.24, 2.45) is 0 Å². The van der Waals surface area contributed by atoms with Crippen LogP contribution in [0.25, 0.3) is 0 Å². The molecule has 96 valence electrons. The van der Waals surface area contributed by atoms with Crippen molar-refractivity contribution in [2.75, 3.05) is 11.5 Å². The van der Waals surface area contributed by atoms with E-state index in [1.807, 2.05) is 0 Å². The Hall–Kier alpha value is -0.0900. The minimum absolute atomic E-state index is 0.0189. The summed E-state index contributed by atoms with van der Waals surface area (Å²) in [5.41, 5.74) is -0.913. The molecule has 1 heterocycles. The fourth-order valence-corrected chi connectivity index (χ4v) is 4.27. The van der Waals surface area contributed by atoms with Crippen molar-refractivity contribution in [3.8, 4) is 0 Å². The van der Waals surface area contributed by atoms with Gasteiger partial charge in [-0.15, -0.1) is 0 Å². The lowest BCUT2D eigenvalue weighted by Crippen LogP contribution is -2.29. The summed E-state index contributed by atoms with van der Waals surface area (Å²) in [7, 11) is -2.96. The van der Waals surface area contributed by atoms with Crippen LogP contribution in [-0.4, -0.2) is 30.6 Å². The number of hydrogen-bond acceptors (Lipinski definition) is 3. The van der Waals surface area contributed by atoms with Gasteiger partial charge in [-0.25, -0.2) is 8.42 Å². The van der Waals surface area contributed by atoms with Crippen LogP contribution in [0.4, 0.5) is 0 Å². The summed E-state index contributed by atoms with van der Waals surface area (Å²) in [6, 6.07) is 0. The number of unbranched alkanes of at least 4 members (excludes halogenated alkanes) is 5. The summed E-state index contributed by atoms with van der Waals surface area (Å²) in [4.78, 5) is 0. The lowest BCUT2D eigenvalue weighted by molar-refractivity contribution is 0.0556. The molecule has 0 bridgehead atoms. The van der Waals surface area contributed by atoms with Gasteiger partial charge in [-0.05, 0) is 12.8 Å². The normalized spacial score (nSPS) is 28.4. The van der Waals surface area contributed by atoms with E-state index in [2.05, 4.69) is 6.92 Å². The fourth-order valence-electron chi connectivity index (χ4n) is 2.33. The second kappa shape index (κ2) is 6.01. The topological polar surface area (TPSA) is 54.4 Å². The summed E-state index contributed by atoms with van der Waals surface area (Å²) >= 11 is 0. The van der Waals surface area contributed by atoms with Crippen molar-refractivity contribution in [2.45, 2.75) is 63.9 Å². The lowest BCUT2D eigenvalue weighted by atomic mass is 9.95. The summed E-state index contributed by atoms with van der Waals surface area (Å²) in [5, 5.41) is 10.1. The molecule has 0 amide bonds. The first kappa shape index (κ1) is 14.0. The zero-order valence-electron chi connectivity index (χ0n) is 10.2. The molecule has 0 aromatic heterocycles. The van der Waals surface area contributed by atoms with Crippen LogP contribution in [0.3, 0.4) is 0 Å². The van der Waals surface area contributed by atoms with E-state index in [-0.39, 0.29) is 11.5 Å². The molecule has 1 N–H and O–H groups in total. The summed E-state index contributed by atoms with van der Waals surface area (Å²) in [6.45, 7) is 2.19. The molecule has 1 rings (SSSR count). The second-order valence-corrected chi connectivity index (χ2v) is 7.27. The third kappa shape index (κ3) is 4.83. The molecule has 0 aliphatic carbocycles. The van der Waals surface area contributed by atoms with E-state index < -0.39 is 15.4 Å². The Kier molecular flexibility index (Phi) is 5.25. The van der Waals surface area contributed by atoms with Crippen LogP contribution >= 0.6 is 0 Å². The average Bonchev–Trinajstić information content (AvgIpc) is 2.47. The second-order valence-electron chi connectivity index (χ2n) is 5.08. The molecule has 0 saturated carbocycles. The molecule has 0 spiro atoms. The Balaban J connectivity index is 2.13. The van der Waals surface area contributed by atoms with Gasteiger partial charge in [-0.2, -0.15) is 0 Å². The first-order valence-electron chi connectivity index (χ1n) is 6.40. The summed E-state index contributed by atoms with van der Waals surface area (Å²) in [6.07, 6.45) is 8.13. The van der Waals surface area contributed by atoms with Crippen molar-refractivity contribution >= 4 is 9.84 Å². The monoisotopic (exact) mass is 248 g/mol. The van der Waals surface area contributed by atoms with Crippen molar-refractivity contribution in [1.82, 2.24) is 0 Å². The molecule has 16 heavy (non-hydrogen) atoms. The zero-order valence-corrected chi connectivity index (χ0v) is 11.1. The Bertz CT molecular complexity index is 297. The molecule has 1 unspecified atom stereocenters. The average molecular weight is 248 g/mol. The standard InChI is InChI=1S/C12H24O3S/c1-2-3-4-5-6-7-8-12(13)9-10-16(14,15)11-12/h13H,2-11H2,1H3. The first-order chi connectivity index (χ1) is 7.47. The van der Waals surface area contributed by atoms with Crippen molar-refractivity contribution in [3.05, 3.63) is 0 Å². The highest BCUT2D eigenvalue weighted by Crippen LogP contribution is 2.28. The highest BCUT2D eigenvalue weighted by Gasteiger charge is 2.39. The Morgan fingerprint density at radius 1 is 1.12 bits per heavy atom. The molecule has 1 aliphatic rings. The smallest absolute Gasteiger partial charge is 0.153 e. The summed E-state index contributed by atoms with van der Waals surface area (Å²) in [5.74, 6) is 0.147. The van der Waals surface area contributed by atoms with Crippen LogP contribution in [0.5, 0.6) is 0 Å². The third-order valence-corrected chi connectivity index (χ3v) is 5.17. The first-order valence-corrected chi connectivity index (χ1v) is 8.22. The maximum atomic E-state index is 11.3. The van der Waals surface area contributed by atoms with E-state index in [1.54, 1.807) is 0 Å². The van der Waals surface area contributed by atoms with Gasteiger partial charge in [0.1, 0.15) is 0 Å². The molecular formula is C12H24O3S. The Labute approximate surface area is 99.2 Å². The molecule has 1 saturated heterocycles. The number of hydrogen-bond donors (Lipinski definition) is 1. The minimum Gasteiger partial charge on any atom is -0.389 e. The van der Waals surface area contributed by atoms with Crippen LogP contribution < -0.4 is 0 Å². The molecule has 0 aromatic rings. The highest BCUT2D eigenvalue weighted by atomic mass is 32.2. The van der Waals surface area contributed by atoms with Gasteiger partial charge in [0, 0.05) is 0 Å². The van der Waals surface area contributed by atoms with Crippen LogP contribution in [0.2, 0.25) is 0 Å². The molecule has 1 aliphatic heterocycles. The minimum atomic E-state index is -2.96. The molecular weight excluding hydrogens is 224 g/mol. The van der Waals surface area contributed by atoms with E-state index in [9.17, 15) is 13.5 Å². The van der Waals surface area contributed by atoms with E-state index >= 15 is 0 Å². The van der Waals surface area contributed by atoms with E-state index in [4.69, 9.17) is 0 Å². The Morgan fingerprint density at radius 2 is 1.75 bits per heavy atom. The molecule has 0 aromatic carbocycles. The molecule has 3 nitrogen and oxygen atoms in total. The highest BCUT2D eigenvalue weighted by molar-refractivity contribution is 7.91. The van der Waals surface area contributed by atoms with Crippen LogP contribution in [0, 0.1) is 0 Å². The van der Waals surface area contributed by atoms with Gasteiger partial charge in [-0.1, -0.05) is 45.4 Å². The molecule has 1 atom stereocenters. The van der Waals surface area contributed by atoms with Gasteiger partial charge >= 0.3 is 0 Å². The lowest BCUT2D eigenvalue weighted by Gasteiger charge is -2.20. The van der Waals surface area contributed by atoms with Crippen LogP contribution in [0.1, 0.15) is 58.3 Å². The van der Waals surface area contributed by atoms with Gasteiger partial charge in [0.05, 0.1) is 17.1 Å². The maximum Gasteiger partial charge on any atom is 0.153 e. The largest absolute Gasteiger partial charge is 0.389 e. The quantitative estimate of drug-likeness (QED) is 0.703. The van der Waals surface area contributed by atoms with Gasteiger partial charge in [-0.3, -0.25) is 0 Å². The van der Waals surface area contributed by atoms with E-state index in [1.165, 1.54) is 25.7 Å². The van der Waals surface area contributed by atoms with Gasteiger partial charge in [0.25, 0.3) is 0 Å². The number of rotatable bonds is 7. The van der Waals surface area contributed by atoms with Crippen molar-refractivity contribution < 1.29 is 13.5 Å². The number of sulfone groups is 1. The van der Waals surface area contributed by atoms with E-state index in [0.717, 1.165) is 12.8 Å². The molecule has 4 heteroatoms.